The van der Waals surface area contributed by atoms with Gasteiger partial charge in [-0.05, 0) is 43.9 Å². The van der Waals surface area contributed by atoms with E-state index in [9.17, 15) is 4.79 Å². The van der Waals surface area contributed by atoms with Crippen molar-refractivity contribution in [2.24, 2.45) is 11.7 Å². The lowest BCUT2D eigenvalue weighted by atomic mass is 9.95. The Morgan fingerprint density at radius 1 is 1.48 bits per heavy atom. The molecule has 1 heterocycles. The van der Waals surface area contributed by atoms with Crippen LogP contribution in [0.5, 0.6) is 0 Å². The molecule has 1 unspecified atom stereocenters. The van der Waals surface area contributed by atoms with E-state index in [1.165, 1.54) is 0 Å². The number of aromatic nitrogens is 1. The van der Waals surface area contributed by atoms with E-state index in [0.29, 0.717) is 18.0 Å². The number of rotatable bonds is 4. The molecule has 2 aromatic rings. The molecule has 1 atom stereocenters. The Hall–Kier alpha value is -0.880. The molecule has 0 spiro atoms. The Kier molecular flexibility index (Phi) is 5.99. The van der Waals surface area contributed by atoms with Gasteiger partial charge in [0.2, 0.25) is 0 Å². The molecule has 1 aromatic carbocycles. The molecule has 0 radical (unpaired) electrons. The van der Waals surface area contributed by atoms with Crippen LogP contribution in [0.1, 0.15) is 30.1 Å². The molecule has 1 fully saturated rings. The second-order valence-corrected chi connectivity index (χ2v) is 6.27. The summed E-state index contributed by atoms with van der Waals surface area (Å²) in [4.78, 5) is 16.5. The highest BCUT2D eigenvalue weighted by molar-refractivity contribution is 7.16. The Labute approximate surface area is 140 Å². The fraction of sp³-hybridized carbons (Fsp3) is 0.429. The molecule has 3 N–H and O–H groups in total. The molecule has 3 rings (SSSR count). The number of thiazole rings is 1. The highest BCUT2D eigenvalue weighted by Crippen LogP contribution is 2.39. The van der Waals surface area contributed by atoms with Crippen LogP contribution in [0.25, 0.3) is 10.2 Å². The summed E-state index contributed by atoms with van der Waals surface area (Å²) in [6.07, 6.45) is 2.31. The first kappa shape index (κ1) is 18.2. The monoisotopic (exact) mass is 347 g/mol. The van der Waals surface area contributed by atoms with Crippen molar-refractivity contribution in [1.29, 1.82) is 0 Å². The number of nitrogens with one attached hydrogen (secondary N) is 1. The van der Waals surface area contributed by atoms with Gasteiger partial charge in [0.15, 0.2) is 0 Å². The zero-order chi connectivity index (χ0) is 13.5. The summed E-state index contributed by atoms with van der Waals surface area (Å²) in [5.41, 5.74) is 8.95. The van der Waals surface area contributed by atoms with Crippen molar-refractivity contribution in [2.75, 3.05) is 6.54 Å². The predicted octanol–water partition coefficient (Wildman–Crippen LogP) is 3.00. The van der Waals surface area contributed by atoms with Crippen molar-refractivity contribution in [3.8, 4) is 0 Å². The van der Waals surface area contributed by atoms with Gasteiger partial charge in [-0.25, -0.2) is 4.98 Å². The van der Waals surface area contributed by atoms with Gasteiger partial charge in [-0.3, -0.25) is 4.79 Å². The van der Waals surface area contributed by atoms with Crippen molar-refractivity contribution >= 4 is 52.3 Å². The maximum Gasteiger partial charge on any atom is 0.251 e. The first-order valence-corrected chi connectivity index (χ1v) is 7.36. The van der Waals surface area contributed by atoms with Gasteiger partial charge >= 0.3 is 0 Å². The number of amides is 1. The van der Waals surface area contributed by atoms with Gasteiger partial charge in [0, 0.05) is 12.1 Å². The molecular weight excluding hydrogens is 329 g/mol. The van der Waals surface area contributed by atoms with Gasteiger partial charge in [-0.1, -0.05) is 0 Å². The van der Waals surface area contributed by atoms with E-state index in [1.54, 1.807) is 16.8 Å². The van der Waals surface area contributed by atoms with E-state index >= 15 is 0 Å². The molecule has 0 saturated heterocycles. The number of hydrogen-bond acceptors (Lipinski definition) is 4. The maximum atomic E-state index is 12.3. The fourth-order valence-corrected chi connectivity index (χ4v) is 3.08. The van der Waals surface area contributed by atoms with E-state index < -0.39 is 0 Å². The van der Waals surface area contributed by atoms with Crippen molar-refractivity contribution in [3.05, 3.63) is 29.3 Å². The van der Waals surface area contributed by atoms with Gasteiger partial charge < -0.3 is 11.1 Å². The van der Waals surface area contributed by atoms with E-state index in [1.807, 2.05) is 25.1 Å². The van der Waals surface area contributed by atoms with Gasteiger partial charge in [0.25, 0.3) is 5.91 Å². The van der Waals surface area contributed by atoms with E-state index in [4.69, 9.17) is 5.73 Å². The summed E-state index contributed by atoms with van der Waals surface area (Å²) in [6.45, 7) is 2.51. The molecule has 1 amide bonds. The van der Waals surface area contributed by atoms with E-state index in [2.05, 4.69) is 10.3 Å². The lowest BCUT2D eigenvalue weighted by molar-refractivity contribution is 0.0898. The average molecular weight is 348 g/mol. The lowest BCUT2D eigenvalue weighted by Gasteiger charge is -2.29. The minimum atomic E-state index is -0.278. The molecule has 0 bridgehead atoms. The van der Waals surface area contributed by atoms with Crippen LogP contribution in [0.2, 0.25) is 0 Å². The third-order valence-corrected chi connectivity index (χ3v) is 4.69. The first-order chi connectivity index (χ1) is 9.12. The number of fused-ring (bicyclic) bond motifs is 1. The summed E-state index contributed by atoms with van der Waals surface area (Å²) < 4.78 is 1.04. The molecular formula is C14H19Cl2N3OS. The minimum absolute atomic E-state index is 0. The Bertz CT molecular complexity index is 629. The quantitative estimate of drug-likeness (QED) is 0.893. The van der Waals surface area contributed by atoms with Crippen molar-refractivity contribution in [1.82, 2.24) is 10.3 Å². The van der Waals surface area contributed by atoms with Crippen molar-refractivity contribution in [2.45, 2.75) is 25.3 Å². The second kappa shape index (κ2) is 6.92. The topological polar surface area (TPSA) is 68.0 Å². The zero-order valence-corrected chi connectivity index (χ0v) is 14.1. The van der Waals surface area contributed by atoms with Crippen LogP contribution in [0.3, 0.4) is 0 Å². The van der Waals surface area contributed by atoms with E-state index in [-0.39, 0.29) is 36.3 Å². The van der Waals surface area contributed by atoms with Crippen LogP contribution in [-0.4, -0.2) is 23.0 Å². The maximum absolute atomic E-state index is 12.3. The summed E-state index contributed by atoms with van der Waals surface area (Å²) >= 11 is 1.55. The number of carbonyl (C=O) groups excluding carboxylic acids is 1. The molecule has 1 aliphatic rings. The number of hydrogen-bond donors (Lipinski definition) is 2. The van der Waals surface area contributed by atoms with Gasteiger partial charge in [-0.2, -0.15) is 0 Å². The Balaban J connectivity index is 0.00000110. The Morgan fingerprint density at radius 3 is 2.81 bits per heavy atom. The molecule has 4 nitrogen and oxygen atoms in total. The fourth-order valence-electron chi connectivity index (χ4n) is 2.37. The molecule has 1 aromatic heterocycles. The van der Waals surface area contributed by atoms with Crippen LogP contribution in [-0.2, 0) is 0 Å². The molecule has 21 heavy (non-hydrogen) atoms. The zero-order valence-electron chi connectivity index (χ0n) is 11.7. The highest BCUT2D eigenvalue weighted by Gasteiger charge is 2.41. The lowest BCUT2D eigenvalue weighted by Crippen LogP contribution is -2.53. The smallest absolute Gasteiger partial charge is 0.251 e. The number of nitrogens with zero attached hydrogens (tertiary/aromatic N) is 1. The van der Waals surface area contributed by atoms with Crippen LogP contribution < -0.4 is 11.1 Å². The first-order valence-electron chi connectivity index (χ1n) is 6.48. The van der Waals surface area contributed by atoms with Gasteiger partial charge in [0.1, 0.15) is 0 Å². The predicted molar refractivity (Wildman–Crippen MR) is 91.8 cm³/mol. The SMILES string of the molecule is CC(CN)(NC(=O)c1ccc2ncsc2c1)C1CC1.Cl.Cl. The van der Waals surface area contributed by atoms with Crippen LogP contribution in [0.15, 0.2) is 23.7 Å². The van der Waals surface area contributed by atoms with Gasteiger partial charge in [0.05, 0.1) is 21.3 Å². The number of halogens is 2. The van der Waals surface area contributed by atoms with Crippen molar-refractivity contribution in [3.63, 3.8) is 0 Å². The standard InChI is InChI=1S/C14H17N3OS.2ClH/c1-14(7-15,10-3-4-10)17-13(18)9-2-5-11-12(6-9)19-8-16-11;;/h2,5-6,8,10H,3-4,7,15H2,1H3,(H,17,18);2*1H. The minimum Gasteiger partial charge on any atom is -0.345 e. The number of benzene rings is 1. The summed E-state index contributed by atoms with van der Waals surface area (Å²) in [5.74, 6) is 0.476. The van der Waals surface area contributed by atoms with Crippen LogP contribution >= 0.6 is 36.2 Å². The van der Waals surface area contributed by atoms with Gasteiger partial charge in [-0.15, -0.1) is 36.2 Å². The second-order valence-electron chi connectivity index (χ2n) is 5.38. The molecule has 7 heteroatoms. The number of carbonyl (C=O) groups is 1. The largest absolute Gasteiger partial charge is 0.345 e. The summed E-state index contributed by atoms with van der Waals surface area (Å²) in [7, 11) is 0. The van der Waals surface area contributed by atoms with E-state index in [0.717, 1.165) is 23.1 Å². The van der Waals surface area contributed by atoms with Crippen LogP contribution in [0, 0.1) is 5.92 Å². The molecule has 116 valence electrons. The number of nitrogens with two attached hydrogens (primary N) is 1. The third-order valence-electron chi connectivity index (χ3n) is 3.89. The van der Waals surface area contributed by atoms with Crippen molar-refractivity contribution < 1.29 is 4.79 Å². The molecule has 1 aliphatic carbocycles. The third kappa shape index (κ3) is 3.66. The summed E-state index contributed by atoms with van der Waals surface area (Å²) in [5, 5.41) is 3.10. The molecule has 0 aliphatic heterocycles. The average Bonchev–Trinajstić information content (AvgIpc) is 3.17. The molecule has 1 saturated carbocycles. The Morgan fingerprint density at radius 2 is 2.19 bits per heavy atom. The normalized spacial score (nSPS) is 16.5. The van der Waals surface area contributed by atoms with Crippen LogP contribution in [0.4, 0.5) is 0 Å². The highest BCUT2D eigenvalue weighted by atomic mass is 35.5. The summed E-state index contributed by atoms with van der Waals surface area (Å²) in [6, 6.07) is 5.60.